The molecular formula is C41H61N5O12. The Kier molecular flexibility index (Phi) is 16.3. The maximum absolute atomic E-state index is 14.4. The van der Waals surface area contributed by atoms with Gasteiger partial charge in [0.15, 0.2) is 12.1 Å². The van der Waals surface area contributed by atoms with Crippen molar-refractivity contribution >= 4 is 29.1 Å². The van der Waals surface area contributed by atoms with Gasteiger partial charge in [0.05, 0.1) is 42.8 Å². The minimum Gasteiger partial charge on any atom is -0.459 e. The van der Waals surface area contributed by atoms with Gasteiger partial charge in [-0.05, 0) is 78.7 Å². The van der Waals surface area contributed by atoms with E-state index in [2.05, 4.69) is 10.3 Å². The summed E-state index contributed by atoms with van der Waals surface area (Å²) < 4.78 is 32.1. The molecular weight excluding hydrogens is 754 g/mol. The molecule has 3 fully saturated rings. The number of hydrogen-bond donors (Lipinski definition) is 3. The normalized spacial score (nSPS) is 36.9. The van der Waals surface area contributed by atoms with Gasteiger partial charge >= 0.3 is 5.97 Å². The lowest BCUT2D eigenvalue weighted by molar-refractivity contribution is -0.296. The zero-order chi connectivity index (χ0) is 42.9. The molecule has 12 atom stereocenters. The lowest BCUT2D eigenvalue weighted by Crippen LogP contribution is -2.59. The van der Waals surface area contributed by atoms with Gasteiger partial charge in [-0.3, -0.25) is 14.4 Å². The van der Waals surface area contributed by atoms with Crippen LogP contribution in [0.2, 0.25) is 0 Å². The number of cyclic esters (lactones) is 1. The highest BCUT2D eigenvalue weighted by Gasteiger charge is 2.52. The molecule has 0 saturated carbocycles. The van der Waals surface area contributed by atoms with E-state index in [4.69, 9.17) is 39.1 Å². The molecule has 4 rings (SSSR count). The summed E-state index contributed by atoms with van der Waals surface area (Å²) in [6.07, 6.45) is -5.22. The van der Waals surface area contributed by atoms with Gasteiger partial charge in [0.2, 0.25) is 12.5 Å². The smallest absolute Gasteiger partial charge is 0.316 e. The van der Waals surface area contributed by atoms with Gasteiger partial charge < -0.3 is 54.2 Å². The van der Waals surface area contributed by atoms with E-state index in [-0.39, 0.29) is 63.5 Å². The summed E-state index contributed by atoms with van der Waals surface area (Å²) in [4.78, 5) is 52.8. The number of esters is 1. The fraction of sp³-hybridized carbons (Fsp3) is 0.707. The number of Topliss-reactive ketones (excluding diaryl/α,β-unsaturated/α-hetero) is 1. The minimum atomic E-state index is -1.84. The number of primary amides is 1. The largest absolute Gasteiger partial charge is 0.459 e. The van der Waals surface area contributed by atoms with Gasteiger partial charge in [0.1, 0.15) is 42.1 Å². The van der Waals surface area contributed by atoms with Crippen molar-refractivity contribution in [2.75, 3.05) is 33.9 Å². The van der Waals surface area contributed by atoms with E-state index in [0.717, 1.165) is 0 Å². The first-order chi connectivity index (χ1) is 27.3. The summed E-state index contributed by atoms with van der Waals surface area (Å²) in [6, 6.07) is 8.10. The first-order valence-corrected chi connectivity index (χ1v) is 19.8. The number of ketones is 1. The van der Waals surface area contributed by atoms with Crippen molar-refractivity contribution in [3.8, 4) is 6.07 Å². The molecule has 0 radical (unpaired) electrons. The average Bonchev–Trinajstić information content (AvgIpc) is 3.20. The second-order valence-corrected chi connectivity index (χ2v) is 16.3. The van der Waals surface area contributed by atoms with Crippen molar-refractivity contribution in [1.82, 2.24) is 4.90 Å². The highest BCUT2D eigenvalue weighted by atomic mass is 16.7. The Morgan fingerprint density at radius 3 is 2.40 bits per heavy atom. The molecule has 322 valence electrons. The molecule has 0 spiro atoms. The van der Waals surface area contributed by atoms with Gasteiger partial charge in [0, 0.05) is 29.9 Å². The fourth-order valence-electron chi connectivity index (χ4n) is 7.90. The van der Waals surface area contributed by atoms with Crippen LogP contribution in [0.15, 0.2) is 34.6 Å². The Balaban J connectivity index is 1.89. The molecule has 0 aliphatic carbocycles. The second kappa shape index (κ2) is 20.3. The summed E-state index contributed by atoms with van der Waals surface area (Å²) >= 11 is 0. The third kappa shape index (κ3) is 11.4. The molecule has 3 heterocycles. The summed E-state index contributed by atoms with van der Waals surface area (Å²) in [5, 5.41) is 41.8. The predicted molar refractivity (Wildman–Crippen MR) is 210 cm³/mol. The van der Waals surface area contributed by atoms with E-state index in [0.29, 0.717) is 23.3 Å². The number of nitriles is 1. The average molecular weight is 816 g/mol. The number of likely N-dealkylation sites (N-methyl/N-ethyl adjacent to an activating group) is 1. The van der Waals surface area contributed by atoms with Crippen LogP contribution < -0.4 is 5.73 Å². The fourth-order valence-corrected chi connectivity index (χ4v) is 7.90. The van der Waals surface area contributed by atoms with E-state index < -0.39 is 77.3 Å². The Labute approximate surface area is 340 Å². The van der Waals surface area contributed by atoms with Gasteiger partial charge in [-0.1, -0.05) is 43.2 Å². The van der Waals surface area contributed by atoms with Crippen LogP contribution in [0.5, 0.6) is 0 Å². The molecule has 17 nitrogen and oxygen atoms in total. The molecule has 0 unspecified atom stereocenters. The van der Waals surface area contributed by atoms with Crippen LogP contribution in [-0.2, 0) is 49.6 Å². The maximum Gasteiger partial charge on any atom is 0.316 e. The number of amides is 1. The van der Waals surface area contributed by atoms with Gasteiger partial charge in [0.25, 0.3) is 0 Å². The van der Waals surface area contributed by atoms with E-state index in [9.17, 15) is 29.9 Å². The van der Waals surface area contributed by atoms with Crippen LogP contribution in [0.3, 0.4) is 0 Å². The van der Waals surface area contributed by atoms with Crippen LogP contribution in [0, 0.1) is 29.1 Å². The van der Waals surface area contributed by atoms with Crippen molar-refractivity contribution < 1.29 is 58.0 Å². The monoisotopic (exact) mass is 815 g/mol. The van der Waals surface area contributed by atoms with Crippen LogP contribution in [-0.4, -0.2) is 132 Å². The number of carbonyl (C=O) groups excluding carboxylic acids is 3. The molecule has 3 aliphatic heterocycles. The Morgan fingerprint density at radius 2 is 1.78 bits per heavy atom. The molecule has 4 N–H and O–H groups in total. The standard InChI is InChI=1S/C41H61N5O12/c1-10-32-41(7,51)33-18-30(45-54-16-15-42)23(2)19-40(6,53-22-29(21-52-33)44-55-20-27-11-13-28(14-12-27)37(43)49)36(25(4)34(47)26(5)38(50)57-32)58-39-35(48)31(46(8)9)17-24(3)56-39/h11-14,23-26,31-33,35-36,39,48,51H,10,16-22H2,1-9H3,(H2,43,49)/b44-29-,45-30-/t23-,24-,25+,26-,31+,32+,33+,35-,36-,39+,40-,41-/m1/s1. The number of aliphatic hydroxyl groups is 2. The summed E-state index contributed by atoms with van der Waals surface area (Å²) in [5.41, 5.74) is 3.83. The molecule has 17 heteroatoms. The molecule has 1 aromatic carbocycles. The molecule has 3 saturated heterocycles. The third-order valence-corrected chi connectivity index (χ3v) is 11.4. The zero-order valence-corrected chi connectivity index (χ0v) is 35.1. The number of oxime groups is 2. The van der Waals surface area contributed by atoms with Crippen LogP contribution in [0.25, 0.3) is 0 Å². The number of carbonyl (C=O) groups is 3. The number of benzene rings is 1. The molecule has 1 aromatic rings. The second-order valence-electron chi connectivity index (χ2n) is 16.3. The number of fused-ring (bicyclic) bond motifs is 5. The number of hydrogen-bond acceptors (Lipinski definition) is 16. The SMILES string of the molecule is CC[C@@H]1OC(=O)[C@H](C)C(=O)[C@H](C)[C@@H](O[C@@H]2O[C@H](C)C[C@H](N(C)C)[C@H]2O)[C@@]2(C)C[C@@H](C)/C(=N\OCC#N)C[C@H](OC/C(=N/OCc3ccc(C(N)=O)cc3)CO2)[C@]1(C)O. The number of nitrogens with zero attached hydrogens (tertiary/aromatic N) is 4. The first-order valence-electron chi connectivity index (χ1n) is 19.8. The van der Waals surface area contributed by atoms with Gasteiger partial charge in [-0.2, -0.15) is 5.26 Å². The lowest BCUT2D eigenvalue weighted by Gasteiger charge is -2.47. The third-order valence-electron chi connectivity index (χ3n) is 11.4. The summed E-state index contributed by atoms with van der Waals surface area (Å²) in [5.74, 6) is -4.74. The number of nitrogens with two attached hydrogens (primary N) is 1. The zero-order valence-electron chi connectivity index (χ0n) is 35.1. The highest BCUT2D eigenvalue weighted by Crippen LogP contribution is 2.39. The topological polar surface area (TPSA) is 234 Å². The van der Waals surface area contributed by atoms with E-state index in [1.54, 1.807) is 45.0 Å². The first kappa shape index (κ1) is 46.7. The number of ether oxygens (including phenoxy) is 5. The van der Waals surface area contributed by atoms with Crippen molar-refractivity contribution in [3.05, 3.63) is 35.4 Å². The maximum atomic E-state index is 14.4. The van der Waals surface area contributed by atoms with Crippen LogP contribution in [0.4, 0.5) is 0 Å². The Hall–Kier alpha value is -4.02. The number of aliphatic hydroxyl groups excluding tert-OH is 1. The van der Waals surface area contributed by atoms with Crippen LogP contribution in [0.1, 0.15) is 90.1 Å². The molecule has 3 aliphatic rings. The van der Waals surface area contributed by atoms with E-state index in [1.807, 2.05) is 38.9 Å². The lowest BCUT2D eigenvalue weighted by atomic mass is 9.76. The van der Waals surface area contributed by atoms with Crippen molar-refractivity contribution in [3.63, 3.8) is 0 Å². The summed E-state index contributed by atoms with van der Waals surface area (Å²) in [7, 11) is 3.70. The Morgan fingerprint density at radius 1 is 1.09 bits per heavy atom. The molecule has 58 heavy (non-hydrogen) atoms. The molecule has 0 aromatic heterocycles. The highest BCUT2D eigenvalue weighted by molar-refractivity contribution is 6.00. The molecule has 2 bridgehead atoms. The van der Waals surface area contributed by atoms with Crippen molar-refractivity contribution in [2.24, 2.45) is 33.8 Å². The van der Waals surface area contributed by atoms with Gasteiger partial charge in [-0.25, -0.2) is 0 Å². The van der Waals surface area contributed by atoms with Gasteiger partial charge in [-0.15, -0.1) is 0 Å². The Bertz CT molecular complexity index is 1680. The van der Waals surface area contributed by atoms with Crippen molar-refractivity contribution in [1.29, 1.82) is 5.26 Å². The van der Waals surface area contributed by atoms with E-state index in [1.165, 1.54) is 13.8 Å². The van der Waals surface area contributed by atoms with Crippen molar-refractivity contribution in [2.45, 2.75) is 135 Å². The van der Waals surface area contributed by atoms with Crippen LogP contribution >= 0.6 is 0 Å². The quantitative estimate of drug-likeness (QED) is 0.133. The predicted octanol–water partition coefficient (Wildman–Crippen LogP) is 2.88. The number of rotatable bonds is 10. The summed E-state index contributed by atoms with van der Waals surface area (Å²) in [6.45, 7) is 11.0. The van der Waals surface area contributed by atoms with E-state index >= 15 is 0 Å². The minimum absolute atomic E-state index is 0.0101. The molecule has 1 amide bonds.